The maximum atomic E-state index is 11.2. The summed E-state index contributed by atoms with van der Waals surface area (Å²) < 4.78 is 11.2. The second kappa shape index (κ2) is 3.26. The van der Waals surface area contributed by atoms with Crippen molar-refractivity contribution in [3.8, 4) is 0 Å². The highest BCUT2D eigenvalue weighted by Crippen LogP contribution is 2.49. The van der Waals surface area contributed by atoms with Gasteiger partial charge in [0.15, 0.2) is 0 Å². The molecule has 0 aliphatic carbocycles. The van der Waals surface area contributed by atoms with E-state index in [0.29, 0.717) is 5.31 Å². The lowest BCUT2D eigenvalue weighted by atomic mass is 10.2. The van der Waals surface area contributed by atoms with Crippen LogP contribution in [0.4, 0.5) is 0 Å². The first-order valence-corrected chi connectivity index (χ1v) is 5.67. The van der Waals surface area contributed by atoms with Gasteiger partial charge in [-0.2, -0.15) is 0 Å². The molecule has 1 N–H and O–H groups in total. The van der Waals surface area contributed by atoms with Crippen molar-refractivity contribution in [2.24, 2.45) is 0 Å². The Morgan fingerprint density at radius 1 is 1.42 bits per heavy atom. The zero-order valence-electron chi connectivity index (χ0n) is 6.90. The van der Waals surface area contributed by atoms with E-state index in [1.807, 2.05) is 18.2 Å². The molecule has 0 radical (unpaired) electrons. The molecule has 0 bridgehead atoms. The SMILES string of the molecule is C=C(c1ccccc1)P(C)(=O)O. The minimum absolute atomic E-state index is 0.308. The predicted molar refractivity (Wildman–Crippen MR) is 51.2 cm³/mol. The molecule has 0 heterocycles. The molecule has 0 amide bonds. The number of rotatable bonds is 2. The Labute approximate surface area is 72.0 Å². The van der Waals surface area contributed by atoms with Crippen LogP contribution < -0.4 is 0 Å². The van der Waals surface area contributed by atoms with Crippen LogP contribution in [0, 0.1) is 0 Å². The van der Waals surface area contributed by atoms with Gasteiger partial charge >= 0.3 is 0 Å². The zero-order chi connectivity index (χ0) is 9.19. The fourth-order valence-corrected chi connectivity index (χ4v) is 1.50. The molecular weight excluding hydrogens is 171 g/mol. The Kier molecular flexibility index (Phi) is 2.51. The lowest BCUT2D eigenvalue weighted by molar-refractivity contribution is 0.497. The molecule has 1 unspecified atom stereocenters. The molecule has 0 fully saturated rings. The van der Waals surface area contributed by atoms with Crippen LogP contribution >= 0.6 is 7.37 Å². The van der Waals surface area contributed by atoms with Crippen molar-refractivity contribution in [1.29, 1.82) is 0 Å². The lowest BCUT2D eigenvalue weighted by Gasteiger charge is -2.08. The quantitative estimate of drug-likeness (QED) is 0.713. The van der Waals surface area contributed by atoms with Gasteiger partial charge in [-0.05, 0) is 5.56 Å². The molecule has 0 saturated carbocycles. The molecule has 1 aromatic carbocycles. The van der Waals surface area contributed by atoms with Crippen LogP contribution in [0.25, 0.3) is 5.31 Å². The van der Waals surface area contributed by atoms with Crippen molar-refractivity contribution in [1.82, 2.24) is 0 Å². The summed E-state index contributed by atoms with van der Waals surface area (Å²) in [7, 11) is -3.17. The summed E-state index contributed by atoms with van der Waals surface area (Å²) in [5.74, 6) is 0. The smallest absolute Gasteiger partial charge is 0.226 e. The monoisotopic (exact) mass is 182 g/mol. The highest BCUT2D eigenvalue weighted by Gasteiger charge is 2.15. The van der Waals surface area contributed by atoms with Crippen molar-refractivity contribution in [3.05, 3.63) is 42.5 Å². The van der Waals surface area contributed by atoms with Crippen LogP contribution in [0.1, 0.15) is 5.56 Å². The molecule has 2 nitrogen and oxygen atoms in total. The maximum Gasteiger partial charge on any atom is 0.226 e. The summed E-state index contributed by atoms with van der Waals surface area (Å²) >= 11 is 0. The minimum atomic E-state index is -3.17. The Bertz CT molecular complexity index is 324. The van der Waals surface area contributed by atoms with Crippen LogP contribution in [0.2, 0.25) is 0 Å². The first kappa shape index (κ1) is 9.24. The molecule has 0 aliphatic rings. The van der Waals surface area contributed by atoms with E-state index in [9.17, 15) is 9.46 Å². The van der Waals surface area contributed by atoms with E-state index < -0.39 is 7.37 Å². The largest absolute Gasteiger partial charge is 0.341 e. The molecule has 3 heteroatoms. The van der Waals surface area contributed by atoms with Gasteiger partial charge in [-0.1, -0.05) is 36.9 Å². The summed E-state index contributed by atoms with van der Waals surface area (Å²) in [5, 5.41) is 0.308. The van der Waals surface area contributed by atoms with E-state index in [2.05, 4.69) is 6.58 Å². The van der Waals surface area contributed by atoms with Crippen molar-refractivity contribution >= 4 is 12.7 Å². The van der Waals surface area contributed by atoms with Gasteiger partial charge in [0, 0.05) is 12.0 Å². The second-order valence-corrected chi connectivity index (χ2v) is 4.99. The van der Waals surface area contributed by atoms with Crippen LogP contribution in [0.15, 0.2) is 36.9 Å². The third-order valence-electron chi connectivity index (χ3n) is 1.61. The van der Waals surface area contributed by atoms with Crippen molar-refractivity contribution in [2.75, 3.05) is 6.66 Å². The molecule has 12 heavy (non-hydrogen) atoms. The topological polar surface area (TPSA) is 37.3 Å². The Hall–Kier alpha value is -0.850. The molecule has 1 atom stereocenters. The number of hydrogen-bond donors (Lipinski definition) is 1. The fraction of sp³-hybridized carbons (Fsp3) is 0.111. The summed E-state index contributed by atoms with van der Waals surface area (Å²) in [6.07, 6.45) is 0. The zero-order valence-corrected chi connectivity index (χ0v) is 7.79. The molecule has 0 aliphatic heterocycles. The van der Waals surface area contributed by atoms with E-state index in [0.717, 1.165) is 5.56 Å². The van der Waals surface area contributed by atoms with E-state index in [-0.39, 0.29) is 0 Å². The highest BCUT2D eigenvalue weighted by atomic mass is 31.2. The molecule has 1 aromatic rings. The van der Waals surface area contributed by atoms with Gasteiger partial charge in [0.25, 0.3) is 0 Å². The van der Waals surface area contributed by atoms with E-state index >= 15 is 0 Å². The van der Waals surface area contributed by atoms with Gasteiger partial charge in [-0.25, -0.2) is 0 Å². The standard InChI is InChI=1S/C9H11O2P/c1-8(12(2,10)11)9-6-4-3-5-7-9/h3-7H,1H2,2H3,(H,10,11). The van der Waals surface area contributed by atoms with Crippen molar-refractivity contribution in [2.45, 2.75) is 0 Å². The van der Waals surface area contributed by atoms with E-state index in [1.54, 1.807) is 12.1 Å². The number of hydrogen-bond acceptors (Lipinski definition) is 1. The molecule has 64 valence electrons. The third kappa shape index (κ3) is 2.07. The first-order valence-electron chi connectivity index (χ1n) is 3.57. The molecule has 1 rings (SSSR count). The molecule has 0 aromatic heterocycles. The van der Waals surface area contributed by atoms with Gasteiger partial charge < -0.3 is 4.89 Å². The lowest BCUT2D eigenvalue weighted by Crippen LogP contribution is -1.82. The van der Waals surface area contributed by atoms with Crippen molar-refractivity contribution < 1.29 is 9.46 Å². The minimum Gasteiger partial charge on any atom is -0.341 e. The van der Waals surface area contributed by atoms with E-state index in [4.69, 9.17) is 0 Å². The normalized spacial score (nSPS) is 15.2. The Morgan fingerprint density at radius 3 is 2.33 bits per heavy atom. The maximum absolute atomic E-state index is 11.2. The van der Waals surface area contributed by atoms with Gasteiger partial charge in [-0.15, -0.1) is 0 Å². The fourth-order valence-electron chi connectivity index (χ4n) is 0.870. The molecule has 0 saturated heterocycles. The summed E-state index contributed by atoms with van der Waals surface area (Å²) in [6, 6.07) is 9.03. The van der Waals surface area contributed by atoms with Gasteiger partial charge in [0.05, 0.1) is 0 Å². The predicted octanol–water partition coefficient (Wildman–Crippen LogP) is 2.56. The average Bonchev–Trinajstić information content (AvgIpc) is 2.03. The third-order valence-corrected chi connectivity index (χ3v) is 2.87. The molecular formula is C9H11O2P. The highest BCUT2D eigenvalue weighted by molar-refractivity contribution is 7.68. The summed E-state index contributed by atoms with van der Waals surface area (Å²) in [5.41, 5.74) is 0.728. The first-order chi connectivity index (χ1) is 5.52. The summed E-state index contributed by atoms with van der Waals surface area (Å²) in [6.45, 7) is 4.88. The van der Waals surface area contributed by atoms with Crippen LogP contribution in [0.5, 0.6) is 0 Å². The average molecular weight is 182 g/mol. The molecule has 0 spiro atoms. The van der Waals surface area contributed by atoms with Crippen LogP contribution in [0.3, 0.4) is 0 Å². The second-order valence-electron chi connectivity index (χ2n) is 2.69. The van der Waals surface area contributed by atoms with Gasteiger partial charge in [0.2, 0.25) is 7.37 Å². The van der Waals surface area contributed by atoms with Gasteiger partial charge in [-0.3, -0.25) is 4.57 Å². The van der Waals surface area contributed by atoms with Crippen molar-refractivity contribution in [3.63, 3.8) is 0 Å². The number of benzene rings is 1. The van der Waals surface area contributed by atoms with Crippen LogP contribution in [-0.4, -0.2) is 11.6 Å². The Balaban J connectivity index is 3.03. The van der Waals surface area contributed by atoms with Gasteiger partial charge in [0.1, 0.15) is 0 Å². The summed E-state index contributed by atoms with van der Waals surface area (Å²) in [4.78, 5) is 9.20. The van der Waals surface area contributed by atoms with Crippen LogP contribution in [-0.2, 0) is 4.57 Å². The Morgan fingerprint density at radius 2 is 1.92 bits per heavy atom. The van der Waals surface area contributed by atoms with E-state index in [1.165, 1.54) is 6.66 Å².